The highest BCUT2D eigenvalue weighted by Gasteiger charge is 2.12. The third-order valence-electron chi connectivity index (χ3n) is 5.08. The first-order valence-electron chi connectivity index (χ1n) is 10.0. The van der Waals surface area contributed by atoms with E-state index in [-0.39, 0.29) is 0 Å². The van der Waals surface area contributed by atoms with Crippen molar-refractivity contribution in [1.82, 2.24) is 19.4 Å². The molecule has 5 rings (SSSR count). The molecule has 0 saturated carbocycles. The van der Waals surface area contributed by atoms with Crippen LogP contribution in [0.25, 0.3) is 22.3 Å². The van der Waals surface area contributed by atoms with Crippen LogP contribution in [0.15, 0.2) is 96.5 Å². The van der Waals surface area contributed by atoms with Gasteiger partial charge < -0.3 is 4.74 Å². The SMILES string of the molecule is COc1cccc(-c2nn(Cc3ccccc3)cc2/C=N\n2cnc3ccccc32)c1. The van der Waals surface area contributed by atoms with E-state index in [4.69, 9.17) is 9.84 Å². The summed E-state index contributed by atoms with van der Waals surface area (Å²) in [6.07, 6.45) is 5.57. The van der Waals surface area contributed by atoms with Crippen LogP contribution in [0.4, 0.5) is 0 Å². The summed E-state index contributed by atoms with van der Waals surface area (Å²) >= 11 is 0. The van der Waals surface area contributed by atoms with Gasteiger partial charge in [-0.3, -0.25) is 4.68 Å². The Morgan fingerprint density at radius 3 is 2.68 bits per heavy atom. The van der Waals surface area contributed by atoms with Crippen molar-refractivity contribution in [3.05, 3.63) is 103 Å². The van der Waals surface area contributed by atoms with Crippen molar-refractivity contribution in [2.75, 3.05) is 7.11 Å². The van der Waals surface area contributed by atoms with Gasteiger partial charge in [-0.1, -0.05) is 54.6 Å². The second-order valence-electron chi connectivity index (χ2n) is 7.17. The van der Waals surface area contributed by atoms with Crippen LogP contribution >= 0.6 is 0 Å². The molecule has 0 N–H and O–H groups in total. The van der Waals surface area contributed by atoms with E-state index in [9.17, 15) is 0 Å². The maximum atomic E-state index is 5.41. The number of methoxy groups -OCH3 is 1. The van der Waals surface area contributed by atoms with Crippen molar-refractivity contribution < 1.29 is 4.74 Å². The molecule has 5 aromatic rings. The lowest BCUT2D eigenvalue weighted by Crippen LogP contribution is -2.00. The number of benzene rings is 3. The molecule has 0 saturated heterocycles. The standard InChI is InChI=1S/C25H21N5O/c1-31-22-11-7-10-20(14-22)25-21(17-29(28-25)16-19-8-3-2-4-9-19)15-27-30-18-26-23-12-5-6-13-24(23)30/h2-15,17-18H,16H2,1H3/b27-15-. The molecule has 3 aromatic carbocycles. The zero-order chi connectivity index (χ0) is 21.0. The minimum Gasteiger partial charge on any atom is -0.497 e. The smallest absolute Gasteiger partial charge is 0.119 e. The van der Waals surface area contributed by atoms with Gasteiger partial charge in [-0.05, 0) is 29.8 Å². The Hall–Kier alpha value is -4.19. The molecule has 0 aliphatic rings. The second-order valence-corrected chi connectivity index (χ2v) is 7.17. The maximum Gasteiger partial charge on any atom is 0.119 e. The molecular formula is C25H21N5O. The third kappa shape index (κ3) is 3.96. The van der Waals surface area contributed by atoms with Gasteiger partial charge >= 0.3 is 0 Å². The molecule has 0 aliphatic heterocycles. The number of hydrogen-bond donors (Lipinski definition) is 0. The fourth-order valence-electron chi connectivity index (χ4n) is 3.54. The quantitative estimate of drug-likeness (QED) is 0.379. The number of aromatic nitrogens is 4. The van der Waals surface area contributed by atoms with Gasteiger partial charge in [0.1, 0.15) is 17.8 Å². The van der Waals surface area contributed by atoms with Crippen molar-refractivity contribution in [3.63, 3.8) is 0 Å². The Labute approximate surface area is 180 Å². The summed E-state index contributed by atoms with van der Waals surface area (Å²) < 4.78 is 9.12. The summed E-state index contributed by atoms with van der Waals surface area (Å²) in [4.78, 5) is 4.41. The van der Waals surface area contributed by atoms with Crippen molar-refractivity contribution >= 4 is 17.2 Å². The lowest BCUT2D eigenvalue weighted by molar-refractivity contribution is 0.415. The van der Waals surface area contributed by atoms with Crippen LogP contribution in [-0.2, 0) is 6.54 Å². The van der Waals surface area contributed by atoms with E-state index in [1.807, 2.05) is 83.8 Å². The molecule has 2 aromatic heterocycles. The summed E-state index contributed by atoms with van der Waals surface area (Å²) in [6, 6.07) is 26.1. The van der Waals surface area contributed by atoms with Gasteiger partial charge in [-0.2, -0.15) is 10.2 Å². The molecule has 0 amide bonds. The number of hydrogen-bond acceptors (Lipinski definition) is 4. The minimum absolute atomic E-state index is 0.680. The van der Waals surface area contributed by atoms with Crippen molar-refractivity contribution in [2.45, 2.75) is 6.54 Å². The Bertz CT molecular complexity index is 1350. The van der Waals surface area contributed by atoms with Crippen LogP contribution in [0.5, 0.6) is 5.75 Å². The minimum atomic E-state index is 0.680. The fourth-order valence-corrected chi connectivity index (χ4v) is 3.54. The largest absolute Gasteiger partial charge is 0.497 e. The van der Waals surface area contributed by atoms with E-state index in [2.05, 4.69) is 22.2 Å². The normalized spacial score (nSPS) is 11.4. The first kappa shape index (κ1) is 18.8. The number of para-hydroxylation sites is 2. The highest BCUT2D eigenvalue weighted by atomic mass is 16.5. The monoisotopic (exact) mass is 407 g/mol. The summed E-state index contributed by atoms with van der Waals surface area (Å²) in [5, 5.41) is 9.52. The number of imidazole rings is 1. The predicted molar refractivity (Wildman–Crippen MR) is 122 cm³/mol. The molecule has 31 heavy (non-hydrogen) atoms. The zero-order valence-corrected chi connectivity index (χ0v) is 17.1. The number of fused-ring (bicyclic) bond motifs is 1. The number of nitrogens with zero attached hydrogens (tertiary/aromatic N) is 5. The first-order chi connectivity index (χ1) is 15.3. The first-order valence-corrected chi connectivity index (χ1v) is 10.0. The molecule has 0 bridgehead atoms. The fraction of sp³-hybridized carbons (Fsp3) is 0.0800. The van der Waals surface area contributed by atoms with E-state index < -0.39 is 0 Å². The van der Waals surface area contributed by atoms with Gasteiger partial charge in [0.2, 0.25) is 0 Å². The summed E-state index contributed by atoms with van der Waals surface area (Å²) in [7, 11) is 1.67. The van der Waals surface area contributed by atoms with Gasteiger partial charge in [0.15, 0.2) is 0 Å². The van der Waals surface area contributed by atoms with Crippen molar-refractivity contribution in [2.24, 2.45) is 5.10 Å². The van der Waals surface area contributed by atoms with E-state index in [0.29, 0.717) is 6.54 Å². The molecule has 0 fully saturated rings. The third-order valence-corrected chi connectivity index (χ3v) is 5.08. The van der Waals surface area contributed by atoms with Gasteiger partial charge in [0, 0.05) is 17.3 Å². The summed E-state index contributed by atoms with van der Waals surface area (Å²) in [6.45, 7) is 0.680. The Kier molecular flexibility index (Phi) is 5.02. The number of rotatable bonds is 6. The van der Waals surface area contributed by atoms with Gasteiger partial charge in [0.25, 0.3) is 0 Å². The van der Waals surface area contributed by atoms with Crippen LogP contribution in [-0.4, -0.2) is 32.8 Å². The molecule has 0 radical (unpaired) electrons. The predicted octanol–water partition coefficient (Wildman–Crippen LogP) is 4.84. The van der Waals surface area contributed by atoms with E-state index >= 15 is 0 Å². The van der Waals surface area contributed by atoms with E-state index in [1.54, 1.807) is 18.1 Å². The van der Waals surface area contributed by atoms with E-state index in [1.165, 1.54) is 5.56 Å². The summed E-state index contributed by atoms with van der Waals surface area (Å²) in [5.74, 6) is 0.790. The zero-order valence-electron chi connectivity index (χ0n) is 17.1. The molecule has 6 nitrogen and oxygen atoms in total. The molecule has 0 spiro atoms. The molecule has 0 unspecified atom stereocenters. The van der Waals surface area contributed by atoms with Gasteiger partial charge in [0.05, 0.1) is 30.9 Å². The Morgan fingerprint density at radius 1 is 0.968 bits per heavy atom. The Balaban J connectivity index is 1.55. The average Bonchev–Trinajstić information content (AvgIpc) is 3.42. The topological polar surface area (TPSA) is 57.2 Å². The van der Waals surface area contributed by atoms with E-state index in [0.717, 1.165) is 33.6 Å². The lowest BCUT2D eigenvalue weighted by Gasteiger charge is -2.03. The van der Waals surface area contributed by atoms with Crippen molar-refractivity contribution in [1.29, 1.82) is 0 Å². The maximum absolute atomic E-state index is 5.41. The molecule has 152 valence electrons. The Morgan fingerprint density at radius 2 is 1.81 bits per heavy atom. The second kappa shape index (κ2) is 8.28. The van der Waals surface area contributed by atoms with Crippen LogP contribution in [0.2, 0.25) is 0 Å². The number of ether oxygens (including phenoxy) is 1. The van der Waals surface area contributed by atoms with Crippen LogP contribution < -0.4 is 4.74 Å². The molecule has 6 heteroatoms. The van der Waals surface area contributed by atoms with Crippen molar-refractivity contribution in [3.8, 4) is 17.0 Å². The molecule has 0 aliphatic carbocycles. The van der Waals surface area contributed by atoms with Crippen LogP contribution in [0, 0.1) is 0 Å². The highest BCUT2D eigenvalue weighted by Crippen LogP contribution is 2.25. The van der Waals surface area contributed by atoms with Gasteiger partial charge in [-0.25, -0.2) is 9.66 Å². The average molecular weight is 407 g/mol. The van der Waals surface area contributed by atoms with Gasteiger partial charge in [-0.15, -0.1) is 0 Å². The van der Waals surface area contributed by atoms with Crippen LogP contribution in [0.1, 0.15) is 11.1 Å². The highest BCUT2D eigenvalue weighted by molar-refractivity contribution is 5.89. The molecule has 2 heterocycles. The molecule has 0 atom stereocenters. The summed E-state index contributed by atoms with van der Waals surface area (Å²) in [5.41, 5.74) is 5.80. The lowest BCUT2D eigenvalue weighted by atomic mass is 10.1. The molecular weight excluding hydrogens is 386 g/mol. The van der Waals surface area contributed by atoms with Crippen LogP contribution in [0.3, 0.4) is 0 Å².